The molecule has 0 saturated heterocycles. The lowest BCUT2D eigenvalue weighted by atomic mass is 9.96. The van der Waals surface area contributed by atoms with Crippen LogP contribution in [0.1, 0.15) is 30.9 Å². The number of hydrogen-bond acceptors (Lipinski definition) is 5. The number of amides is 2. The number of carbonyl (C=O) groups excluding carboxylic acids is 3. The third-order valence-corrected chi connectivity index (χ3v) is 7.08. The molecule has 3 rings (SSSR count). The Bertz CT molecular complexity index is 1380. The van der Waals surface area contributed by atoms with Gasteiger partial charge in [0.25, 0.3) is 5.78 Å². The van der Waals surface area contributed by atoms with Crippen molar-refractivity contribution in [2.75, 3.05) is 13.7 Å². The molecule has 12 heteroatoms. The number of rotatable bonds is 13. The van der Waals surface area contributed by atoms with Crippen LogP contribution < -0.4 is 20.1 Å². The maximum atomic E-state index is 13.7. The number of hydrogen-bond donors (Lipinski definition) is 2. The SMILES string of the molecule is COc1ccc(OCC(C(=O)N[C@@H](Cc2ccc(Cl)cc2)C(=O)N[C@H](C(=O)C(F)(F)F)C(C)C)c2ccc(Cl)cc2)cc1. The molecule has 2 amide bonds. The first-order chi connectivity index (χ1) is 20.3. The molecule has 230 valence electrons. The average Bonchev–Trinajstić information content (AvgIpc) is 2.96. The Balaban J connectivity index is 1.90. The fraction of sp³-hybridized carbons (Fsp3) is 0.323. The fourth-order valence-corrected chi connectivity index (χ4v) is 4.42. The van der Waals surface area contributed by atoms with E-state index in [9.17, 15) is 27.6 Å². The molecule has 43 heavy (non-hydrogen) atoms. The minimum Gasteiger partial charge on any atom is -0.497 e. The first kappa shape index (κ1) is 33.7. The average molecular weight is 639 g/mol. The van der Waals surface area contributed by atoms with E-state index in [1.165, 1.54) is 21.0 Å². The van der Waals surface area contributed by atoms with Gasteiger partial charge in [0.2, 0.25) is 11.8 Å². The molecule has 2 N–H and O–H groups in total. The maximum absolute atomic E-state index is 13.7. The third-order valence-electron chi connectivity index (χ3n) is 6.58. The van der Waals surface area contributed by atoms with Crippen LogP contribution in [0.2, 0.25) is 10.0 Å². The summed E-state index contributed by atoms with van der Waals surface area (Å²) >= 11 is 12.0. The molecule has 3 aromatic rings. The van der Waals surface area contributed by atoms with Crippen LogP contribution in [0.3, 0.4) is 0 Å². The molecule has 0 bridgehead atoms. The highest BCUT2D eigenvalue weighted by Crippen LogP contribution is 2.24. The largest absolute Gasteiger partial charge is 0.497 e. The number of benzene rings is 3. The third kappa shape index (κ3) is 9.90. The Morgan fingerprint density at radius 2 is 1.33 bits per heavy atom. The van der Waals surface area contributed by atoms with E-state index in [-0.39, 0.29) is 13.0 Å². The highest BCUT2D eigenvalue weighted by atomic mass is 35.5. The first-order valence-electron chi connectivity index (χ1n) is 13.3. The lowest BCUT2D eigenvalue weighted by Gasteiger charge is -2.27. The molecular weight excluding hydrogens is 608 g/mol. The predicted molar refractivity (Wildman–Crippen MR) is 158 cm³/mol. The maximum Gasteiger partial charge on any atom is 0.452 e. The lowest BCUT2D eigenvalue weighted by molar-refractivity contribution is -0.175. The van der Waals surface area contributed by atoms with Gasteiger partial charge < -0.3 is 20.1 Å². The zero-order valence-electron chi connectivity index (χ0n) is 23.6. The molecule has 0 aliphatic heterocycles. The molecule has 0 radical (unpaired) electrons. The summed E-state index contributed by atoms with van der Waals surface area (Å²) in [5, 5.41) is 5.74. The van der Waals surface area contributed by atoms with Gasteiger partial charge in [-0.1, -0.05) is 61.3 Å². The molecule has 0 spiro atoms. The van der Waals surface area contributed by atoms with Gasteiger partial charge in [0.15, 0.2) is 0 Å². The van der Waals surface area contributed by atoms with Crippen LogP contribution in [0.15, 0.2) is 72.8 Å². The monoisotopic (exact) mass is 638 g/mol. The predicted octanol–water partition coefficient (Wildman–Crippen LogP) is 6.16. The fourth-order valence-electron chi connectivity index (χ4n) is 4.17. The number of Topliss-reactive ketones (excluding diaryl/α,β-unsaturated/α-hetero) is 1. The summed E-state index contributed by atoms with van der Waals surface area (Å²) < 4.78 is 50.9. The molecule has 0 aromatic heterocycles. The second-order valence-electron chi connectivity index (χ2n) is 10.1. The number of ketones is 1. The van der Waals surface area contributed by atoms with E-state index in [2.05, 4.69) is 10.6 Å². The van der Waals surface area contributed by atoms with E-state index >= 15 is 0 Å². The van der Waals surface area contributed by atoms with Crippen LogP contribution in [0.5, 0.6) is 11.5 Å². The summed E-state index contributed by atoms with van der Waals surface area (Å²) in [7, 11) is 1.52. The van der Waals surface area contributed by atoms with Crippen molar-refractivity contribution in [3.8, 4) is 11.5 Å². The minimum atomic E-state index is -5.16. The van der Waals surface area contributed by atoms with Gasteiger partial charge in [-0.3, -0.25) is 14.4 Å². The van der Waals surface area contributed by atoms with Crippen LogP contribution in [-0.4, -0.2) is 49.6 Å². The molecule has 3 aromatic carbocycles. The summed E-state index contributed by atoms with van der Waals surface area (Å²) in [6.45, 7) is 2.62. The van der Waals surface area contributed by atoms with Crippen molar-refractivity contribution in [2.24, 2.45) is 5.92 Å². The number of nitrogens with one attached hydrogen (secondary N) is 2. The molecule has 0 heterocycles. The number of halogens is 5. The van der Waals surface area contributed by atoms with E-state index in [4.69, 9.17) is 32.7 Å². The standard InChI is InChI=1S/C31H31Cl2F3N2O5/c1-18(2)27(28(39)31(34,35)36)38-30(41)26(16-19-4-8-21(32)9-5-19)37-29(40)25(20-6-10-22(33)11-7-20)17-43-24-14-12-23(42-3)13-15-24/h4-15,18,25-27H,16-17H2,1-3H3,(H,37,40)(H,38,41)/t25?,26-,27-/m0/s1. The zero-order chi connectivity index (χ0) is 31.7. The van der Waals surface area contributed by atoms with E-state index < -0.39 is 47.7 Å². The molecule has 7 nitrogen and oxygen atoms in total. The smallest absolute Gasteiger partial charge is 0.452 e. The summed E-state index contributed by atoms with van der Waals surface area (Å²) in [4.78, 5) is 39.2. The van der Waals surface area contributed by atoms with E-state index in [0.29, 0.717) is 32.7 Å². The van der Waals surface area contributed by atoms with Gasteiger partial charge >= 0.3 is 6.18 Å². The minimum absolute atomic E-state index is 0.0908. The van der Waals surface area contributed by atoms with Crippen LogP contribution in [0, 0.1) is 5.92 Å². The molecule has 0 aliphatic rings. The summed E-state index contributed by atoms with van der Waals surface area (Å²) in [6.07, 6.45) is -5.25. The van der Waals surface area contributed by atoms with Gasteiger partial charge in [0.1, 0.15) is 24.1 Å². The van der Waals surface area contributed by atoms with Crippen molar-refractivity contribution in [1.29, 1.82) is 0 Å². The molecule has 3 atom stereocenters. The highest BCUT2D eigenvalue weighted by molar-refractivity contribution is 6.30. The summed E-state index contributed by atoms with van der Waals surface area (Å²) in [5.41, 5.74) is 1.10. The van der Waals surface area contributed by atoms with Crippen molar-refractivity contribution in [1.82, 2.24) is 10.6 Å². The van der Waals surface area contributed by atoms with Crippen LogP contribution in [0.25, 0.3) is 0 Å². The van der Waals surface area contributed by atoms with E-state index in [1.54, 1.807) is 72.8 Å². The van der Waals surface area contributed by atoms with Gasteiger partial charge in [-0.05, 0) is 65.6 Å². The lowest BCUT2D eigenvalue weighted by Crippen LogP contribution is -2.56. The van der Waals surface area contributed by atoms with Crippen molar-refractivity contribution < 1.29 is 37.0 Å². The molecule has 0 aliphatic carbocycles. The number of carbonyl (C=O) groups is 3. The number of alkyl halides is 3. The summed E-state index contributed by atoms with van der Waals surface area (Å²) in [5.74, 6) is -4.42. The van der Waals surface area contributed by atoms with Gasteiger partial charge in [-0.2, -0.15) is 13.2 Å². The molecule has 0 fully saturated rings. The van der Waals surface area contributed by atoms with Crippen molar-refractivity contribution in [2.45, 2.75) is 44.4 Å². The summed E-state index contributed by atoms with van der Waals surface area (Å²) in [6, 6.07) is 16.4. The Labute approximate surface area is 257 Å². The molecular formula is C31H31Cl2F3N2O5. The second kappa shape index (κ2) is 15.1. The van der Waals surface area contributed by atoms with Crippen molar-refractivity contribution >= 4 is 40.8 Å². The molecule has 1 unspecified atom stereocenters. The van der Waals surface area contributed by atoms with Gasteiger partial charge in [-0.15, -0.1) is 0 Å². The van der Waals surface area contributed by atoms with Gasteiger partial charge in [0, 0.05) is 16.5 Å². The van der Waals surface area contributed by atoms with Crippen molar-refractivity contribution in [3.63, 3.8) is 0 Å². The second-order valence-corrected chi connectivity index (χ2v) is 10.9. The topological polar surface area (TPSA) is 93.7 Å². The van der Waals surface area contributed by atoms with Crippen LogP contribution in [0.4, 0.5) is 13.2 Å². The molecule has 0 saturated carbocycles. The van der Waals surface area contributed by atoms with Crippen LogP contribution in [-0.2, 0) is 20.8 Å². The first-order valence-corrected chi connectivity index (χ1v) is 14.0. The number of methoxy groups -OCH3 is 1. The number of ether oxygens (including phenoxy) is 2. The Morgan fingerprint density at radius 1 is 0.791 bits per heavy atom. The van der Waals surface area contributed by atoms with Gasteiger partial charge in [0.05, 0.1) is 19.1 Å². The Hall–Kier alpha value is -3.76. The van der Waals surface area contributed by atoms with E-state index in [1.807, 2.05) is 0 Å². The Morgan fingerprint density at radius 3 is 1.84 bits per heavy atom. The quantitative estimate of drug-likeness (QED) is 0.234. The zero-order valence-corrected chi connectivity index (χ0v) is 25.1. The highest BCUT2D eigenvalue weighted by Gasteiger charge is 2.45. The van der Waals surface area contributed by atoms with E-state index in [0.717, 1.165) is 0 Å². The van der Waals surface area contributed by atoms with Crippen molar-refractivity contribution in [3.05, 3.63) is 94.0 Å². The van der Waals surface area contributed by atoms with Gasteiger partial charge in [-0.25, -0.2) is 0 Å². The van der Waals surface area contributed by atoms with Crippen LogP contribution >= 0.6 is 23.2 Å². The Kier molecular flexibility index (Phi) is 11.9. The normalized spacial score (nSPS) is 13.5.